The maximum atomic E-state index is 11.1. The zero-order valence-corrected chi connectivity index (χ0v) is 13.8. The molecular formula is C17H22N2O7. The molecule has 1 fully saturated rings. The van der Waals surface area contributed by atoms with E-state index in [0.29, 0.717) is 11.1 Å². The smallest absolute Gasteiger partial charge is 0.320 e. The monoisotopic (exact) mass is 366 g/mol. The molecule has 1 aromatic heterocycles. The van der Waals surface area contributed by atoms with Crippen molar-refractivity contribution in [3.8, 4) is 0 Å². The van der Waals surface area contributed by atoms with Crippen LogP contribution in [-0.2, 0) is 16.0 Å². The second kappa shape index (κ2) is 7.31. The fraction of sp³-hybridized carbons (Fsp3) is 0.471. The molecule has 26 heavy (non-hydrogen) atoms. The molecule has 0 spiro atoms. The number of aliphatic hydroxyl groups excluding tert-OH is 4. The van der Waals surface area contributed by atoms with Gasteiger partial charge in [0.25, 0.3) is 0 Å². The molecule has 1 aromatic carbocycles. The van der Waals surface area contributed by atoms with Crippen molar-refractivity contribution in [2.45, 2.75) is 43.1 Å². The molecule has 2 aromatic rings. The van der Waals surface area contributed by atoms with Crippen LogP contribution < -0.4 is 5.73 Å². The van der Waals surface area contributed by atoms with Crippen molar-refractivity contribution in [1.82, 2.24) is 4.57 Å². The Balaban J connectivity index is 2.03. The van der Waals surface area contributed by atoms with Crippen molar-refractivity contribution >= 4 is 16.9 Å². The molecule has 9 heteroatoms. The number of rotatable bonds is 5. The van der Waals surface area contributed by atoms with Gasteiger partial charge in [-0.1, -0.05) is 18.2 Å². The van der Waals surface area contributed by atoms with Crippen molar-refractivity contribution in [3.63, 3.8) is 0 Å². The Kier molecular flexibility index (Phi) is 5.28. The summed E-state index contributed by atoms with van der Waals surface area (Å²) in [6.45, 7) is -0.530. The summed E-state index contributed by atoms with van der Waals surface area (Å²) in [6, 6.07) is 6.01. The molecule has 1 aliphatic rings. The highest BCUT2D eigenvalue weighted by Gasteiger charge is 2.44. The molecule has 0 bridgehead atoms. The molecule has 0 saturated carbocycles. The molecule has 9 nitrogen and oxygen atoms in total. The first kappa shape index (κ1) is 18.8. The van der Waals surface area contributed by atoms with E-state index in [9.17, 15) is 25.2 Å². The van der Waals surface area contributed by atoms with Gasteiger partial charge >= 0.3 is 5.97 Å². The molecular weight excluding hydrogens is 344 g/mol. The Morgan fingerprint density at radius 1 is 1.19 bits per heavy atom. The predicted molar refractivity (Wildman–Crippen MR) is 90.3 cm³/mol. The van der Waals surface area contributed by atoms with E-state index in [1.54, 1.807) is 35.0 Å². The van der Waals surface area contributed by atoms with Crippen LogP contribution in [0, 0.1) is 0 Å². The van der Waals surface area contributed by atoms with Crippen LogP contribution in [0.5, 0.6) is 0 Å². The maximum Gasteiger partial charge on any atom is 0.320 e. The van der Waals surface area contributed by atoms with E-state index in [1.165, 1.54) is 0 Å². The number of nitrogens with two attached hydrogens (primary N) is 1. The van der Waals surface area contributed by atoms with Crippen LogP contribution in [0.25, 0.3) is 10.9 Å². The Morgan fingerprint density at radius 3 is 2.54 bits per heavy atom. The zero-order valence-electron chi connectivity index (χ0n) is 13.8. The van der Waals surface area contributed by atoms with Gasteiger partial charge in [0.1, 0.15) is 30.5 Å². The molecule has 0 radical (unpaired) electrons. The Hall–Kier alpha value is -2.01. The maximum absolute atomic E-state index is 11.1. The van der Waals surface area contributed by atoms with E-state index in [1.807, 2.05) is 0 Å². The van der Waals surface area contributed by atoms with E-state index < -0.39 is 49.3 Å². The van der Waals surface area contributed by atoms with Crippen LogP contribution >= 0.6 is 0 Å². The SMILES string of the molecule is N[C@@H](Cc1cn([C@@H]2O[C@H](CO)[C@@H](O)[C@H](O)[C@@H]2O)c2ccccc12)C(=O)O. The normalized spacial score (nSPS) is 30.4. The first-order valence-electron chi connectivity index (χ1n) is 8.22. The third-order valence-corrected chi connectivity index (χ3v) is 4.72. The molecule has 142 valence electrons. The number of carbonyl (C=O) groups is 1. The van der Waals surface area contributed by atoms with Gasteiger partial charge in [-0.25, -0.2) is 0 Å². The number of nitrogens with zero attached hydrogens (tertiary/aromatic N) is 1. The average Bonchev–Trinajstić information content (AvgIpc) is 2.98. The summed E-state index contributed by atoms with van der Waals surface area (Å²) in [5.41, 5.74) is 6.93. The van der Waals surface area contributed by atoms with Gasteiger partial charge < -0.3 is 40.6 Å². The van der Waals surface area contributed by atoms with E-state index >= 15 is 0 Å². The minimum absolute atomic E-state index is 0.0697. The molecule has 3 rings (SSSR count). The number of carboxylic acid groups (broad SMARTS) is 1. The van der Waals surface area contributed by atoms with E-state index in [4.69, 9.17) is 15.6 Å². The first-order valence-corrected chi connectivity index (χ1v) is 8.22. The van der Waals surface area contributed by atoms with Gasteiger partial charge in [0, 0.05) is 18.0 Å². The lowest BCUT2D eigenvalue weighted by molar-refractivity contribution is -0.250. The molecule has 0 amide bonds. The van der Waals surface area contributed by atoms with Crippen molar-refractivity contribution < 1.29 is 35.1 Å². The third-order valence-electron chi connectivity index (χ3n) is 4.72. The fourth-order valence-electron chi connectivity index (χ4n) is 3.29. The summed E-state index contributed by atoms with van der Waals surface area (Å²) < 4.78 is 7.15. The van der Waals surface area contributed by atoms with Crippen LogP contribution in [0.15, 0.2) is 30.5 Å². The van der Waals surface area contributed by atoms with Crippen LogP contribution in [-0.4, -0.2) is 73.1 Å². The minimum atomic E-state index is -1.50. The van der Waals surface area contributed by atoms with Crippen molar-refractivity contribution in [3.05, 3.63) is 36.0 Å². The van der Waals surface area contributed by atoms with E-state index in [0.717, 1.165) is 5.39 Å². The number of fused-ring (bicyclic) bond motifs is 1. The van der Waals surface area contributed by atoms with Gasteiger partial charge in [-0.05, 0) is 11.6 Å². The molecule has 6 atom stereocenters. The average molecular weight is 366 g/mol. The summed E-state index contributed by atoms with van der Waals surface area (Å²) in [7, 11) is 0. The molecule has 2 heterocycles. The third kappa shape index (κ3) is 3.20. The van der Waals surface area contributed by atoms with Crippen LogP contribution in [0.3, 0.4) is 0 Å². The van der Waals surface area contributed by atoms with E-state index in [-0.39, 0.29) is 6.42 Å². The Morgan fingerprint density at radius 2 is 1.88 bits per heavy atom. The number of carboxylic acids is 1. The van der Waals surface area contributed by atoms with Gasteiger partial charge in [-0.3, -0.25) is 4.79 Å². The van der Waals surface area contributed by atoms with Crippen LogP contribution in [0.2, 0.25) is 0 Å². The molecule has 1 aliphatic heterocycles. The summed E-state index contributed by atoms with van der Waals surface area (Å²) >= 11 is 0. The number of benzene rings is 1. The van der Waals surface area contributed by atoms with Gasteiger partial charge in [0.15, 0.2) is 6.23 Å². The lowest BCUT2D eigenvalue weighted by Gasteiger charge is -2.40. The second-order valence-electron chi connectivity index (χ2n) is 6.45. The first-order chi connectivity index (χ1) is 12.3. The summed E-state index contributed by atoms with van der Waals surface area (Å²) in [5, 5.41) is 49.5. The second-order valence-corrected chi connectivity index (χ2v) is 6.45. The predicted octanol–water partition coefficient (Wildman–Crippen LogP) is -1.43. The van der Waals surface area contributed by atoms with Crippen molar-refractivity contribution in [1.29, 1.82) is 0 Å². The quantitative estimate of drug-likeness (QED) is 0.376. The van der Waals surface area contributed by atoms with Gasteiger partial charge in [0.2, 0.25) is 0 Å². The highest BCUT2D eigenvalue weighted by molar-refractivity contribution is 5.85. The largest absolute Gasteiger partial charge is 0.480 e. The number of para-hydroxylation sites is 1. The van der Waals surface area contributed by atoms with Gasteiger partial charge in [-0.15, -0.1) is 0 Å². The Bertz CT molecular complexity index is 791. The van der Waals surface area contributed by atoms with Gasteiger partial charge in [-0.2, -0.15) is 0 Å². The number of hydrogen-bond donors (Lipinski definition) is 6. The molecule has 7 N–H and O–H groups in total. The summed E-state index contributed by atoms with van der Waals surface area (Å²) in [6.07, 6.45) is -4.82. The van der Waals surface area contributed by atoms with Crippen molar-refractivity contribution in [2.75, 3.05) is 6.61 Å². The van der Waals surface area contributed by atoms with E-state index in [2.05, 4.69) is 0 Å². The molecule has 1 saturated heterocycles. The van der Waals surface area contributed by atoms with Crippen LogP contribution in [0.4, 0.5) is 0 Å². The Labute approximate surface area is 148 Å². The summed E-state index contributed by atoms with van der Waals surface area (Å²) in [5.74, 6) is -1.13. The van der Waals surface area contributed by atoms with Crippen molar-refractivity contribution in [2.24, 2.45) is 5.73 Å². The standard InChI is InChI=1S/C17H22N2O7/c18-10(17(24)25)5-8-6-19(11-4-2-1-3-9(8)11)16-15(23)14(22)13(21)12(7-20)26-16/h1-4,6,10,12-16,20-23H,5,7,18H2,(H,24,25)/t10-,12+,13+,14-,15-,16+/m0/s1. The fourth-order valence-corrected chi connectivity index (χ4v) is 3.29. The zero-order chi connectivity index (χ0) is 19.0. The van der Waals surface area contributed by atoms with Gasteiger partial charge in [0.05, 0.1) is 12.1 Å². The minimum Gasteiger partial charge on any atom is -0.480 e. The molecule has 0 aliphatic carbocycles. The topological polar surface area (TPSA) is 158 Å². The molecule has 0 unspecified atom stereocenters. The lowest BCUT2D eigenvalue weighted by Crippen LogP contribution is -2.56. The number of aliphatic hydroxyl groups is 4. The highest BCUT2D eigenvalue weighted by atomic mass is 16.6. The highest BCUT2D eigenvalue weighted by Crippen LogP contribution is 2.33. The number of ether oxygens (including phenoxy) is 1. The number of aliphatic carboxylic acids is 1. The number of hydrogen-bond acceptors (Lipinski definition) is 7. The van der Waals surface area contributed by atoms with Crippen LogP contribution in [0.1, 0.15) is 11.8 Å². The summed E-state index contributed by atoms with van der Waals surface area (Å²) in [4.78, 5) is 11.1. The number of aromatic nitrogens is 1. The lowest BCUT2D eigenvalue weighted by atomic mass is 9.98.